The van der Waals surface area contributed by atoms with Gasteiger partial charge in [0.05, 0.1) is 6.61 Å². The number of aliphatic hydroxyl groups is 8. The zero-order valence-corrected chi connectivity index (χ0v) is 25.2. The Morgan fingerprint density at radius 1 is 0.619 bits per heavy atom. The molecule has 1 saturated heterocycles. The van der Waals surface area contributed by atoms with Gasteiger partial charge in [-0.25, -0.2) is 0 Å². The summed E-state index contributed by atoms with van der Waals surface area (Å²) in [4.78, 5) is 12.6. The quantitative estimate of drug-likeness (QED) is 0.0752. The SMILES string of the molecule is CC(C)CCCCCCCCCCCCCCC(=O)O[C@@H]1[C@H](O)[C@@H](O)[C@H](O)[C@@H](O)[C@@H]1O[C@@H]1O[C@H](CO)[C@@H](O)[C@H](O)[C@@H]1O. The van der Waals surface area contributed by atoms with Gasteiger partial charge < -0.3 is 55.1 Å². The molecule has 1 aliphatic heterocycles. The van der Waals surface area contributed by atoms with Crippen LogP contribution in [0.15, 0.2) is 0 Å². The third-order valence-corrected chi connectivity index (χ3v) is 8.37. The molecule has 42 heavy (non-hydrogen) atoms. The van der Waals surface area contributed by atoms with E-state index in [9.17, 15) is 45.6 Å². The first-order valence-corrected chi connectivity index (χ1v) is 15.9. The van der Waals surface area contributed by atoms with Crippen molar-refractivity contribution in [3.8, 4) is 0 Å². The fourth-order valence-electron chi connectivity index (χ4n) is 5.61. The maximum Gasteiger partial charge on any atom is 0.306 e. The van der Waals surface area contributed by atoms with Crippen molar-refractivity contribution in [3.05, 3.63) is 0 Å². The molecule has 1 saturated carbocycles. The van der Waals surface area contributed by atoms with Crippen LogP contribution in [0.1, 0.15) is 104 Å². The first kappa shape index (κ1) is 37.3. The molecular formula is C30H56O12. The summed E-state index contributed by atoms with van der Waals surface area (Å²) in [6, 6.07) is 0. The lowest BCUT2D eigenvalue weighted by atomic mass is 9.84. The van der Waals surface area contributed by atoms with E-state index in [4.69, 9.17) is 14.2 Å². The van der Waals surface area contributed by atoms with Gasteiger partial charge >= 0.3 is 5.97 Å². The molecule has 8 N–H and O–H groups in total. The molecule has 12 nitrogen and oxygen atoms in total. The van der Waals surface area contributed by atoms with E-state index in [-0.39, 0.29) is 6.42 Å². The van der Waals surface area contributed by atoms with Crippen LogP contribution in [-0.4, -0.2) is 121 Å². The lowest BCUT2D eigenvalue weighted by molar-refractivity contribution is -0.340. The van der Waals surface area contributed by atoms with E-state index in [1.54, 1.807) is 0 Å². The van der Waals surface area contributed by atoms with Crippen molar-refractivity contribution in [2.75, 3.05) is 6.61 Å². The summed E-state index contributed by atoms with van der Waals surface area (Å²) in [7, 11) is 0. The average Bonchev–Trinajstić information content (AvgIpc) is 2.96. The zero-order valence-electron chi connectivity index (χ0n) is 25.2. The summed E-state index contributed by atoms with van der Waals surface area (Å²) in [6.45, 7) is 3.81. The molecule has 0 amide bonds. The van der Waals surface area contributed by atoms with E-state index >= 15 is 0 Å². The van der Waals surface area contributed by atoms with Crippen molar-refractivity contribution in [3.63, 3.8) is 0 Å². The molecule has 0 aromatic rings. The van der Waals surface area contributed by atoms with Crippen molar-refractivity contribution >= 4 is 5.97 Å². The van der Waals surface area contributed by atoms with Crippen molar-refractivity contribution in [2.24, 2.45) is 5.92 Å². The van der Waals surface area contributed by atoms with Gasteiger partial charge in [-0.3, -0.25) is 4.79 Å². The van der Waals surface area contributed by atoms with Gasteiger partial charge in [0.2, 0.25) is 0 Å². The monoisotopic (exact) mass is 608 g/mol. The molecule has 0 aromatic carbocycles. The third kappa shape index (κ3) is 11.5. The molecule has 1 heterocycles. The Balaban J connectivity index is 1.72. The fourth-order valence-corrected chi connectivity index (χ4v) is 5.61. The summed E-state index contributed by atoms with van der Waals surface area (Å²) in [5.74, 6) is 0.0872. The molecule has 2 aliphatic rings. The lowest BCUT2D eigenvalue weighted by Gasteiger charge is -2.46. The molecule has 0 bridgehead atoms. The molecule has 0 radical (unpaired) electrons. The molecule has 0 unspecified atom stereocenters. The standard InChI is InChI=1S/C30H56O12/c1-18(2)15-13-11-9-7-5-3-4-6-8-10-12-14-16-20(32)41-28-25(37)23(35)24(36)26(38)29(28)42-30-27(39)22(34)21(33)19(17-31)40-30/h18-19,21-31,33-39H,3-17H2,1-2H3/t19-,21-,22+,23+,24+,25-,26-,27+,28-,29+,30+/m1/s1. The minimum atomic E-state index is -1.88. The molecule has 12 heteroatoms. The van der Waals surface area contributed by atoms with Gasteiger partial charge in [0.15, 0.2) is 12.4 Å². The van der Waals surface area contributed by atoms with Gasteiger partial charge in [-0.1, -0.05) is 90.9 Å². The number of carbonyl (C=O) groups is 1. The van der Waals surface area contributed by atoms with Gasteiger partial charge in [-0.15, -0.1) is 0 Å². The largest absolute Gasteiger partial charge is 0.457 e. The highest BCUT2D eigenvalue weighted by molar-refractivity contribution is 5.69. The van der Waals surface area contributed by atoms with Crippen molar-refractivity contribution < 1.29 is 59.9 Å². The average molecular weight is 609 g/mol. The summed E-state index contributed by atoms with van der Waals surface area (Å²) >= 11 is 0. The second-order valence-electron chi connectivity index (χ2n) is 12.4. The van der Waals surface area contributed by atoms with Crippen LogP contribution in [0.3, 0.4) is 0 Å². The van der Waals surface area contributed by atoms with E-state index in [2.05, 4.69) is 13.8 Å². The summed E-state index contributed by atoms with van der Waals surface area (Å²) in [5, 5.41) is 81.1. The Morgan fingerprint density at radius 3 is 1.57 bits per heavy atom. The van der Waals surface area contributed by atoms with Crippen LogP contribution < -0.4 is 0 Å². The Hall–Kier alpha value is -0.930. The third-order valence-electron chi connectivity index (χ3n) is 8.37. The molecule has 11 atom stereocenters. The number of aliphatic hydroxyl groups excluding tert-OH is 8. The Bertz CT molecular complexity index is 737. The Kier molecular flexibility index (Phi) is 17.3. The number of rotatable bonds is 19. The number of carbonyl (C=O) groups excluding carboxylic acids is 1. The van der Waals surface area contributed by atoms with Crippen LogP contribution in [0, 0.1) is 5.92 Å². The van der Waals surface area contributed by atoms with Gasteiger partial charge in [0.25, 0.3) is 0 Å². The fraction of sp³-hybridized carbons (Fsp3) is 0.967. The van der Waals surface area contributed by atoms with Crippen LogP contribution >= 0.6 is 0 Å². The topological polar surface area (TPSA) is 207 Å². The van der Waals surface area contributed by atoms with E-state index in [0.29, 0.717) is 6.42 Å². The maximum atomic E-state index is 12.6. The second kappa shape index (κ2) is 19.5. The van der Waals surface area contributed by atoms with Crippen molar-refractivity contribution in [1.82, 2.24) is 0 Å². The molecule has 2 rings (SSSR count). The first-order chi connectivity index (χ1) is 20.0. The molecule has 0 aromatic heterocycles. The summed E-state index contributed by atoms with van der Waals surface area (Å²) in [6.07, 6.45) is -4.06. The highest BCUT2D eigenvalue weighted by Gasteiger charge is 2.54. The molecular weight excluding hydrogens is 552 g/mol. The van der Waals surface area contributed by atoms with Gasteiger partial charge in [-0.2, -0.15) is 0 Å². The second-order valence-corrected chi connectivity index (χ2v) is 12.4. The highest BCUT2D eigenvalue weighted by Crippen LogP contribution is 2.31. The number of unbranched alkanes of at least 4 members (excludes halogenated alkanes) is 11. The maximum absolute atomic E-state index is 12.6. The normalized spacial score (nSPS) is 35.5. The van der Waals surface area contributed by atoms with Crippen LogP contribution in [-0.2, 0) is 19.0 Å². The predicted molar refractivity (Wildman–Crippen MR) is 152 cm³/mol. The number of ether oxygens (including phenoxy) is 3. The van der Waals surface area contributed by atoms with Crippen LogP contribution in [0.2, 0.25) is 0 Å². The van der Waals surface area contributed by atoms with Gasteiger partial charge in [-0.05, 0) is 12.3 Å². The van der Waals surface area contributed by atoms with E-state index < -0.39 is 79.9 Å². The lowest BCUT2D eigenvalue weighted by Crippen LogP contribution is -2.67. The zero-order chi connectivity index (χ0) is 31.2. The molecule has 248 valence electrons. The summed E-state index contributed by atoms with van der Waals surface area (Å²) < 4.78 is 16.2. The minimum absolute atomic E-state index is 0.0293. The molecule has 2 fully saturated rings. The van der Waals surface area contributed by atoms with Gasteiger partial charge in [0.1, 0.15) is 54.9 Å². The number of esters is 1. The highest BCUT2D eigenvalue weighted by atomic mass is 16.7. The van der Waals surface area contributed by atoms with Crippen molar-refractivity contribution in [1.29, 1.82) is 0 Å². The van der Waals surface area contributed by atoms with E-state index in [0.717, 1.165) is 31.6 Å². The van der Waals surface area contributed by atoms with Crippen molar-refractivity contribution in [2.45, 2.75) is 171 Å². The van der Waals surface area contributed by atoms with E-state index in [1.807, 2.05) is 0 Å². The van der Waals surface area contributed by atoms with Crippen LogP contribution in [0.5, 0.6) is 0 Å². The van der Waals surface area contributed by atoms with E-state index in [1.165, 1.54) is 51.4 Å². The van der Waals surface area contributed by atoms with Crippen LogP contribution in [0.4, 0.5) is 0 Å². The number of hydrogen-bond donors (Lipinski definition) is 8. The minimum Gasteiger partial charge on any atom is -0.457 e. The molecule has 1 aliphatic carbocycles. The Labute approximate surface area is 249 Å². The van der Waals surface area contributed by atoms with Gasteiger partial charge in [0, 0.05) is 6.42 Å². The first-order valence-electron chi connectivity index (χ1n) is 15.9. The predicted octanol–water partition coefficient (Wildman–Crippen LogP) is 0.658. The van der Waals surface area contributed by atoms with Crippen LogP contribution in [0.25, 0.3) is 0 Å². The number of hydrogen-bond acceptors (Lipinski definition) is 12. The smallest absolute Gasteiger partial charge is 0.306 e. The summed E-state index contributed by atoms with van der Waals surface area (Å²) in [5.41, 5.74) is 0. The Morgan fingerprint density at radius 2 is 1.07 bits per heavy atom. The molecule has 0 spiro atoms.